The van der Waals surface area contributed by atoms with Gasteiger partial charge in [-0.25, -0.2) is 19.9 Å². The number of H-pyrrole nitrogens is 2. The SMILES string of the molecule is O=c1[nH]nc(C2CCCN(c3ncnc4[nH]ccc34)C2)o1. The molecule has 1 aliphatic rings. The monoisotopic (exact) mass is 286 g/mol. The highest BCUT2D eigenvalue weighted by molar-refractivity contribution is 5.87. The Morgan fingerprint density at radius 3 is 3.19 bits per heavy atom. The smallest absolute Gasteiger partial charge is 0.392 e. The van der Waals surface area contributed by atoms with Crippen LogP contribution >= 0.6 is 0 Å². The van der Waals surface area contributed by atoms with E-state index in [2.05, 4.69) is 30.0 Å². The fraction of sp³-hybridized carbons (Fsp3) is 0.385. The van der Waals surface area contributed by atoms with E-state index in [0.717, 1.165) is 42.8 Å². The number of aromatic amines is 2. The van der Waals surface area contributed by atoms with Gasteiger partial charge in [0.05, 0.1) is 11.3 Å². The number of fused-ring (bicyclic) bond motifs is 1. The van der Waals surface area contributed by atoms with Crippen LogP contribution < -0.4 is 10.7 Å². The van der Waals surface area contributed by atoms with Crippen LogP contribution in [0.5, 0.6) is 0 Å². The molecule has 0 aromatic carbocycles. The largest absolute Gasteiger partial charge is 0.434 e. The van der Waals surface area contributed by atoms with Gasteiger partial charge in [0, 0.05) is 19.3 Å². The van der Waals surface area contributed by atoms with Crippen LogP contribution in [0.4, 0.5) is 5.82 Å². The number of hydrogen-bond donors (Lipinski definition) is 2. The van der Waals surface area contributed by atoms with Crippen molar-refractivity contribution in [1.82, 2.24) is 25.1 Å². The van der Waals surface area contributed by atoms with Gasteiger partial charge in [-0.3, -0.25) is 0 Å². The number of nitrogens with one attached hydrogen (secondary N) is 2. The highest BCUT2D eigenvalue weighted by Gasteiger charge is 2.27. The number of nitrogens with zero attached hydrogens (tertiary/aromatic N) is 4. The Balaban J connectivity index is 1.66. The van der Waals surface area contributed by atoms with Crippen molar-refractivity contribution in [3.8, 4) is 0 Å². The van der Waals surface area contributed by atoms with Crippen LogP contribution in [0.25, 0.3) is 11.0 Å². The summed E-state index contributed by atoms with van der Waals surface area (Å²) >= 11 is 0. The van der Waals surface area contributed by atoms with Gasteiger partial charge in [-0.05, 0) is 18.9 Å². The minimum atomic E-state index is -0.503. The van der Waals surface area contributed by atoms with Crippen LogP contribution in [-0.2, 0) is 0 Å². The third kappa shape index (κ3) is 2.08. The molecule has 0 aliphatic carbocycles. The van der Waals surface area contributed by atoms with E-state index in [0.29, 0.717) is 5.89 Å². The Kier molecular flexibility index (Phi) is 2.73. The molecule has 3 aromatic heterocycles. The second-order valence-corrected chi connectivity index (χ2v) is 5.17. The molecule has 0 saturated carbocycles. The van der Waals surface area contributed by atoms with Crippen LogP contribution in [0.1, 0.15) is 24.7 Å². The maximum atomic E-state index is 11.1. The van der Waals surface area contributed by atoms with Gasteiger partial charge in [0.2, 0.25) is 5.89 Å². The van der Waals surface area contributed by atoms with Crippen molar-refractivity contribution in [3.05, 3.63) is 35.0 Å². The molecule has 1 fully saturated rings. The molecule has 108 valence electrons. The number of aromatic nitrogens is 5. The Hall–Kier alpha value is -2.64. The molecule has 3 aromatic rings. The summed E-state index contributed by atoms with van der Waals surface area (Å²) in [7, 11) is 0. The van der Waals surface area contributed by atoms with Crippen LogP contribution in [-0.4, -0.2) is 38.2 Å². The van der Waals surface area contributed by atoms with Crippen molar-refractivity contribution in [3.63, 3.8) is 0 Å². The Labute approximate surface area is 119 Å². The first-order valence-corrected chi connectivity index (χ1v) is 6.90. The van der Waals surface area contributed by atoms with E-state index in [1.165, 1.54) is 0 Å². The summed E-state index contributed by atoms with van der Waals surface area (Å²) in [6.07, 6.45) is 5.37. The van der Waals surface area contributed by atoms with Gasteiger partial charge >= 0.3 is 5.76 Å². The Morgan fingerprint density at radius 1 is 1.38 bits per heavy atom. The average molecular weight is 286 g/mol. The van der Waals surface area contributed by atoms with E-state index < -0.39 is 5.76 Å². The summed E-state index contributed by atoms with van der Waals surface area (Å²) in [6, 6.07) is 1.98. The number of rotatable bonds is 2. The lowest BCUT2D eigenvalue weighted by Gasteiger charge is -2.32. The fourth-order valence-corrected chi connectivity index (χ4v) is 2.90. The predicted molar refractivity (Wildman–Crippen MR) is 75.2 cm³/mol. The first-order chi connectivity index (χ1) is 10.3. The van der Waals surface area contributed by atoms with Gasteiger partial charge in [0.25, 0.3) is 0 Å². The molecule has 1 aliphatic heterocycles. The second-order valence-electron chi connectivity index (χ2n) is 5.17. The van der Waals surface area contributed by atoms with Crippen LogP contribution in [0.2, 0.25) is 0 Å². The molecular formula is C13H14N6O2. The standard InChI is InChI=1S/C13H14N6O2/c20-13-18-17-12(21-13)8-2-1-5-19(6-8)11-9-3-4-14-10(9)15-7-16-11/h3-4,7-8H,1-2,5-6H2,(H,18,20)(H,14,15,16). The molecule has 21 heavy (non-hydrogen) atoms. The van der Waals surface area contributed by atoms with E-state index in [1.807, 2.05) is 12.3 Å². The molecule has 1 unspecified atom stereocenters. The molecule has 1 saturated heterocycles. The molecule has 0 spiro atoms. The minimum Gasteiger partial charge on any atom is -0.392 e. The van der Waals surface area contributed by atoms with Gasteiger partial charge in [-0.2, -0.15) is 0 Å². The summed E-state index contributed by atoms with van der Waals surface area (Å²) in [6.45, 7) is 1.65. The third-order valence-electron chi connectivity index (χ3n) is 3.86. The molecule has 4 heterocycles. The van der Waals surface area contributed by atoms with Crippen molar-refractivity contribution >= 4 is 16.9 Å². The van der Waals surface area contributed by atoms with Crippen LogP contribution in [0, 0.1) is 0 Å². The summed E-state index contributed by atoms with van der Waals surface area (Å²) in [4.78, 5) is 25.0. The quantitative estimate of drug-likeness (QED) is 0.729. The van der Waals surface area contributed by atoms with Crippen molar-refractivity contribution in [2.75, 3.05) is 18.0 Å². The van der Waals surface area contributed by atoms with E-state index in [-0.39, 0.29) is 5.92 Å². The molecular weight excluding hydrogens is 272 g/mol. The maximum absolute atomic E-state index is 11.1. The van der Waals surface area contributed by atoms with E-state index in [4.69, 9.17) is 4.42 Å². The van der Waals surface area contributed by atoms with Gasteiger partial charge in [-0.15, -0.1) is 5.10 Å². The lowest BCUT2D eigenvalue weighted by molar-refractivity contribution is 0.384. The Bertz CT molecular complexity index is 819. The molecule has 2 N–H and O–H groups in total. The van der Waals surface area contributed by atoms with Crippen molar-refractivity contribution in [2.24, 2.45) is 0 Å². The fourth-order valence-electron chi connectivity index (χ4n) is 2.90. The molecule has 0 amide bonds. The first kappa shape index (κ1) is 12.1. The zero-order valence-electron chi connectivity index (χ0n) is 11.2. The molecule has 4 rings (SSSR count). The van der Waals surface area contributed by atoms with Crippen molar-refractivity contribution in [2.45, 2.75) is 18.8 Å². The molecule has 8 heteroatoms. The van der Waals surface area contributed by atoms with Gasteiger partial charge in [-0.1, -0.05) is 0 Å². The van der Waals surface area contributed by atoms with E-state index >= 15 is 0 Å². The lowest BCUT2D eigenvalue weighted by Crippen LogP contribution is -2.35. The summed E-state index contributed by atoms with van der Waals surface area (Å²) in [5, 5.41) is 7.28. The number of hydrogen-bond acceptors (Lipinski definition) is 6. The van der Waals surface area contributed by atoms with Gasteiger partial charge < -0.3 is 14.3 Å². The molecule has 0 radical (unpaired) electrons. The Morgan fingerprint density at radius 2 is 2.33 bits per heavy atom. The zero-order valence-corrected chi connectivity index (χ0v) is 11.2. The number of piperidine rings is 1. The number of anilines is 1. The highest BCUT2D eigenvalue weighted by atomic mass is 16.4. The summed E-state index contributed by atoms with van der Waals surface area (Å²) < 4.78 is 5.09. The van der Waals surface area contributed by atoms with Gasteiger partial charge in [0.15, 0.2) is 0 Å². The zero-order chi connectivity index (χ0) is 14.2. The van der Waals surface area contributed by atoms with Crippen LogP contribution in [0.3, 0.4) is 0 Å². The molecule has 0 bridgehead atoms. The van der Waals surface area contributed by atoms with Crippen molar-refractivity contribution in [1.29, 1.82) is 0 Å². The maximum Gasteiger partial charge on any atom is 0.434 e. The van der Waals surface area contributed by atoms with E-state index in [1.54, 1.807) is 6.33 Å². The highest BCUT2D eigenvalue weighted by Crippen LogP contribution is 2.30. The normalized spacial score (nSPS) is 19.2. The average Bonchev–Trinajstić information content (AvgIpc) is 3.15. The molecule has 8 nitrogen and oxygen atoms in total. The van der Waals surface area contributed by atoms with Gasteiger partial charge in [0.1, 0.15) is 17.8 Å². The van der Waals surface area contributed by atoms with Crippen LogP contribution in [0.15, 0.2) is 27.8 Å². The predicted octanol–water partition coefficient (Wildman–Crippen LogP) is 1.02. The topological polar surface area (TPSA) is 104 Å². The lowest BCUT2D eigenvalue weighted by atomic mass is 9.98. The molecule has 1 atom stereocenters. The first-order valence-electron chi connectivity index (χ1n) is 6.90. The van der Waals surface area contributed by atoms with E-state index in [9.17, 15) is 4.79 Å². The minimum absolute atomic E-state index is 0.0988. The van der Waals surface area contributed by atoms with Crippen molar-refractivity contribution < 1.29 is 4.42 Å². The third-order valence-corrected chi connectivity index (χ3v) is 3.86. The summed E-state index contributed by atoms with van der Waals surface area (Å²) in [5.74, 6) is 0.978. The summed E-state index contributed by atoms with van der Waals surface area (Å²) in [5.41, 5.74) is 0.827. The second kappa shape index (κ2) is 4.72.